The molecule has 4 aromatic carbocycles. The largest absolute Gasteiger partial charge is 0.457 e. The lowest BCUT2D eigenvalue weighted by Gasteiger charge is -2.39. The van der Waals surface area contributed by atoms with Crippen LogP contribution in [0.3, 0.4) is 0 Å². The van der Waals surface area contributed by atoms with Gasteiger partial charge in [-0.25, -0.2) is 0 Å². The summed E-state index contributed by atoms with van der Waals surface area (Å²) in [4.78, 5) is 24.7. The van der Waals surface area contributed by atoms with E-state index in [1.165, 1.54) is 0 Å². The third kappa shape index (κ3) is 2.31. The molecule has 0 unspecified atom stereocenters. The molecule has 0 saturated heterocycles. The number of benzene rings is 4. The fourth-order valence-corrected chi connectivity index (χ4v) is 5.34. The van der Waals surface area contributed by atoms with E-state index in [0.717, 1.165) is 44.9 Å². The van der Waals surface area contributed by atoms with Crippen LogP contribution in [-0.2, 0) is 5.41 Å². The molecule has 0 fully saturated rings. The minimum Gasteiger partial charge on any atom is -0.457 e. The highest BCUT2D eigenvalue weighted by atomic mass is 16.5. The molecular weight excluding hydrogens is 396 g/mol. The zero-order chi connectivity index (χ0) is 22.0. The van der Waals surface area contributed by atoms with Gasteiger partial charge in [-0.3, -0.25) is 9.59 Å². The first kappa shape index (κ1) is 18.8. The minimum absolute atomic E-state index is 0.00537. The molecule has 3 heteroatoms. The smallest absolute Gasteiger partial charge is 0.159 e. The van der Waals surface area contributed by atoms with E-state index in [0.29, 0.717) is 11.1 Å². The van der Waals surface area contributed by atoms with Crippen molar-refractivity contribution in [3.63, 3.8) is 0 Å². The molecule has 4 aromatic rings. The Balaban J connectivity index is 1.82. The van der Waals surface area contributed by atoms with Gasteiger partial charge in [0, 0.05) is 22.3 Å². The molecule has 2 aliphatic rings. The summed E-state index contributed by atoms with van der Waals surface area (Å²) >= 11 is 0. The van der Waals surface area contributed by atoms with Gasteiger partial charge in [-0.15, -0.1) is 0 Å². The van der Waals surface area contributed by atoms with Gasteiger partial charge < -0.3 is 4.74 Å². The summed E-state index contributed by atoms with van der Waals surface area (Å²) in [5.74, 6) is 1.46. The minimum atomic E-state index is -0.674. The highest BCUT2D eigenvalue weighted by Crippen LogP contribution is 2.62. The summed E-state index contributed by atoms with van der Waals surface area (Å²) < 4.78 is 6.34. The second-order valence-corrected chi connectivity index (χ2v) is 8.48. The Kier molecular flexibility index (Phi) is 3.82. The van der Waals surface area contributed by atoms with Crippen LogP contribution < -0.4 is 4.74 Å². The Morgan fingerprint density at radius 2 is 1.03 bits per heavy atom. The first-order valence-electron chi connectivity index (χ1n) is 10.7. The van der Waals surface area contributed by atoms with E-state index >= 15 is 0 Å². The van der Waals surface area contributed by atoms with Crippen molar-refractivity contribution >= 4 is 11.6 Å². The molecule has 3 nitrogen and oxygen atoms in total. The van der Waals surface area contributed by atoms with Crippen molar-refractivity contribution in [1.82, 2.24) is 0 Å². The molecule has 1 spiro atoms. The molecular formula is C29H20O3. The van der Waals surface area contributed by atoms with Gasteiger partial charge in [0.2, 0.25) is 0 Å². The number of carbonyl (C=O) groups excluding carboxylic acids is 2. The normalized spacial score (nSPS) is 14.1. The van der Waals surface area contributed by atoms with Crippen molar-refractivity contribution in [2.45, 2.75) is 19.3 Å². The highest BCUT2D eigenvalue weighted by molar-refractivity contribution is 5.97. The van der Waals surface area contributed by atoms with Gasteiger partial charge in [0.15, 0.2) is 11.6 Å². The quantitative estimate of drug-likeness (QED) is 0.300. The first-order chi connectivity index (χ1) is 15.5. The molecule has 0 atom stereocenters. The Hall–Kier alpha value is -3.98. The van der Waals surface area contributed by atoms with Gasteiger partial charge in [0.1, 0.15) is 11.5 Å². The molecule has 0 bridgehead atoms. The van der Waals surface area contributed by atoms with Crippen LogP contribution in [0.1, 0.15) is 56.8 Å². The summed E-state index contributed by atoms with van der Waals surface area (Å²) in [6, 6.07) is 28.1. The summed E-state index contributed by atoms with van der Waals surface area (Å²) in [6.45, 7) is 3.16. The van der Waals surface area contributed by atoms with Gasteiger partial charge >= 0.3 is 0 Å². The number of Topliss-reactive ketones (excluding diaryl/α,β-unsaturated/α-hetero) is 2. The van der Waals surface area contributed by atoms with Crippen LogP contribution in [0.25, 0.3) is 11.1 Å². The van der Waals surface area contributed by atoms with Crippen LogP contribution in [0, 0.1) is 0 Å². The predicted molar refractivity (Wildman–Crippen MR) is 124 cm³/mol. The van der Waals surface area contributed by atoms with E-state index in [1.54, 1.807) is 13.8 Å². The van der Waals surface area contributed by atoms with Crippen LogP contribution in [0.15, 0.2) is 84.9 Å². The van der Waals surface area contributed by atoms with Crippen LogP contribution in [0.5, 0.6) is 11.5 Å². The van der Waals surface area contributed by atoms with Crippen LogP contribution in [-0.4, -0.2) is 11.6 Å². The van der Waals surface area contributed by atoms with E-state index in [-0.39, 0.29) is 11.6 Å². The number of fused-ring (bicyclic) bond motifs is 9. The van der Waals surface area contributed by atoms with Gasteiger partial charge in [-0.2, -0.15) is 0 Å². The molecule has 0 N–H and O–H groups in total. The molecule has 0 saturated carbocycles. The predicted octanol–water partition coefficient (Wildman–Crippen LogP) is 6.56. The van der Waals surface area contributed by atoms with E-state index in [2.05, 4.69) is 24.3 Å². The summed E-state index contributed by atoms with van der Waals surface area (Å²) in [5.41, 5.74) is 7.03. The monoisotopic (exact) mass is 416 g/mol. The molecule has 154 valence electrons. The number of rotatable bonds is 2. The Morgan fingerprint density at radius 3 is 1.47 bits per heavy atom. The summed E-state index contributed by atoms with van der Waals surface area (Å²) in [7, 11) is 0. The van der Waals surface area contributed by atoms with Crippen molar-refractivity contribution < 1.29 is 14.3 Å². The van der Waals surface area contributed by atoms with E-state index in [4.69, 9.17) is 4.74 Å². The SMILES string of the molecule is CC(=O)c1ccc2c(c1)C1(c3cc(C(C)=O)ccc3O2)c2ccccc2-c2ccccc21. The average molecular weight is 416 g/mol. The lowest BCUT2D eigenvalue weighted by molar-refractivity contribution is 0.100. The van der Waals surface area contributed by atoms with Gasteiger partial charge in [-0.1, -0.05) is 48.5 Å². The molecule has 6 rings (SSSR count). The number of hydrogen-bond acceptors (Lipinski definition) is 3. The zero-order valence-corrected chi connectivity index (χ0v) is 17.8. The molecule has 32 heavy (non-hydrogen) atoms. The number of hydrogen-bond donors (Lipinski definition) is 0. The summed E-state index contributed by atoms with van der Waals surface area (Å²) in [6.07, 6.45) is 0. The van der Waals surface area contributed by atoms with Crippen LogP contribution in [0.4, 0.5) is 0 Å². The number of ether oxygens (including phenoxy) is 1. The van der Waals surface area contributed by atoms with E-state index in [9.17, 15) is 9.59 Å². The second kappa shape index (κ2) is 6.51. The van der Waals surface area contributed by atoms with Gasteiger partial charge in [0.05, 0.1) is 5.41 Å². The van der Waals surface area contributed by atoms with Crippen LogP contribution >= 0.6 is 0 Å². The maximum atomic E-state index is 12.3. The molecule has 0 radical (unpaired) electrons. The zero-order valence-electron chi connectivity index (χ0n) is 17.8. The molecule has 0 amide bonds. The summed E-state index contributed by atoms with van der Waals surface area (Å²) in [5, 5.41) is 0. The number of ketones is 2. The first-order valence-corrected chi connectivity index (χ1v) is 10.7. The van der Waals surface area contributed by atoms with E-state index in [1.807, 2.05) is 60.7 Å². The standard InChI is InChI=1S/C29H20O3/c1-17(30)19-11-13-27-25(15-19)29(26-16-20(18(2)31)12-14-28(26)32-27)23-9-5-3-7-21(23)22-8-4-6-10-24(22)29/h3-16H,1-2H3. The van der Waals surface area contributed by atoms with Crippen molar-refractivity contribution in [3.8, 4) is 22.6 Å². The molecule has 0 aromatic heterocycles. The van der Waals surface area contributed by atoms with Crippen molar-refractivity contribution in [2.75, 3.05) is 0 Å². The average Bonchev–Trinajstić information content (AvgIpc) is 3.10. The third-order valence-corrected chi connectivity index (χ3v) is 6.75. The third-order valence-electron chi connectivity index (χ3n) is 6.75. The lowest BCUT2D eigenvalue weighted by atomic mass is 9.65. The van der Waals surface area contributed by atoms with Crippen molar-refractivity contribution in [1.29, 1.82) is 0 Å². The maximum Gasteiger partial charge on any atom is 0.159 e. The lowest BCUT2D eigenvalue weighted by Crippen LogP contribution is -2.32. The molecule has 1 aliphatic heterocycles. The van der Waals surface area contributed by atoms with Gasteiger partial charge in [0.25, 0.3) is 0 Å². The van der Waals surface area contributed by atoms with Crippen molar-refractivity contribution in [2.24, 2.45) is 0 Å². The van der Waals surface area contributed by atoms with E-state index < -0.39 is 5.41 Å². The van der Waals surface area contributed by atoms with Gasteiger partial charge in [-0.05, 0) is 72.5 Å². The Bertz CT molecular complexity index is 1350. The molecule has 1 aliphatic carbocycles. The number of carbonyl (C=O) groups is 2. The maximum absolute atomic E-state index is 12.3. The van der Waals surface area contributed by atoms with Crippen LogP contribution in [0.2, 0.25) is 0 Å². The fraction of sp³-hybridized carbons (Fsp3) is 0.103. The second-order valence-electron chi connectivity index (χ2n) is 8.48. The topological polar surface area (TPSA) is 43.4 Å². The Labute approximate surface area is 186 Å². The highest BCUT2D eigenvalue weighted by Gasteiger charge is 2.51. The molecule has 1 heterocycles. The Morgan fingerprint density at radius 1 is 0.594 bits per heavy atom. The van der Waals surface area contributed by atoms with Crippen molar-refractivity contribution in [3.05, 3.63) is 118 Å². The fourth-order valence-electron chi connectivity index (χ4n) is 5.34.